The Morgan fingerprint density at radius 2 is 1.71 bits per heavy atom. The van der Waals surface area contributed by atoms with Crippen molar-refractivity contribution in [2.75, 3.05) is 0 Å². The van der Waals surface area contributed by atoms with E-state index in [0.717, 1.165) is 29.6 Å². The fourth-order valence-corrected chi connectivity index (χ4v) is 3.67. The number of ether oxygens (including phenoxy) is 1. The van der Waals surface area contributed by atoms with Gasteiger partial charge in [-0.1, -0.05) is 89.4 Å². The Labute approximate surface area is 177 Å². The highest BCUT2D eigenvalue weighted by molar-refractivity contribution is 9.10. The van der Waals surface area contributed by atoms with Gasteiger partial charge in [0.25, 0.3) is 0 Å². The molecular formula is C25H28BrNO. The summed E-state index contributed by atoms with van der Waals surface area (Å²) in [6, 6.07) is 25.7. The minimum atomic E-state index is 0.343. The quantitative estimate of drug-likeness (QED) is 0.390. The lowest BCUT2D eigenvalue weighted by molar-refractivity contribution is 0.301. The largest absolute Gasteiger partial charge is 0.489 e. The van der Waals surface area contributed by atoms with Crippen LogP contribution < -0.4 is 10.1 Å². The third kappa shape index (κ3) is 5.95. The predicted octanol–water partition coefficient (Wildman–Crippen LogP) is 6.97. The number of aryl methyl sites for hydroxylation is 1. The molecule has 0 aliphatic carbocycles. The summed E-state index contributed by atoms with van der Waals surface area (Å²) in [4.78, 5) is 0. The summed E-state index contributed by atoms with van der Waals surface area (Å²) in [5, 5.41) is 3.73. The number of hydrogen-bond acceptors (Lipinski definition) is 2. The van der Waals surface area contributed by atoms with E-state index in [0.29, 0.717) is 12.6 Å². The Balaban J connectivity index is 1.70. The zero-order chi connectivity index (χ0) is 19.8. The van der Waals surface area contributed by atoms with Crippen molar-refractivity contribution in [1.82, 2.24) is 5.32 Å². The highest BCUT2D eigenvalue weighted by Crippen LogP contribution is 2.26. The van der Waals surface area contributed by atoms with E-state index < -0.39 is 0 Å². The molecule has 3 heteroatoms. The van der Waals surface area contributed by atoms with E-state index >= 15 is 0 Å². The molecule has 1 atom stereocenters. The maximum Gasteiger partial charge on any atom is 0.124 e. The summed E-state index contributed by atoms with van der Waals surface area (Å²) in [6.45, 7) is 5.67. The molecule has 28 heavy (non-hydrogen) atoms. The highest BCUT2D eigenvalue weighted by Gasteiger charge is 2.12. The molecule has 0 heterocycles. The van der Waals surface area contributed by atoms with E-state index in [1.165, 1.54) is 22.3 Å². The van der Waals surface area contributed by atoms with Gasteiger partial charge in [-0.2, -0.15) is 0 Å². The van der Waals surface area contributed by atoms with Crippen LogP contribution in [0.15, 0.2) is 77.3 Å². The molecule has 0 amide bonds. The minimum absolute atomic E-state index is 0.343. The topological polar surface area (TPSA) is 21.3 Å². The lowest BCUT2D eigenvalue weighted by Gasteiger charge is -2.20. The molecule has 146 valence electrons. The number of hydrogen-bond donors (Lipinski definition) is 1. The Hall–Kier alpha value is -2.10. The molecule has 0 fully saturated rings. The van der Waals surface area contributed by atoms with Gasteiger partial charge in [0.15, 0.2) is 0 Å². The zero-order valence-electron chi connectivity index (χ0n) is 16.6. The molecule has 0 radical (unpaired) electrons. The van der Waals surface area contributed by atoms with E-state index in [1.807, 2.05) is 12.1 Å². The van der Waals surface area contributed by atoms with Gasteiger partial charge >= 0.3 is 0 Å². The molecule has 1 unspecified atom stereocenters. The van der Waals surface area contributed by atoms with E-state index in [-0.39, 0.29) is 0 Å². The van der Waals surface area contributed by atoms with Gasteiger partial charge < -0.3 is 10.1 Å². The van der Waals surface area contributed by atoms with Crippen molar-refractivity contribution in [1.29, 1.82) is 0 Å². The molecule has 3 aromatic rings. The summed E-state index contributed by atoms with van der Waals surface area (Å²) < 4.78 is 7.22. The van der Waals surface area contributed by atoms with Crippen molar-refractivity contribution in [2.24, 2.45) is 0 Å². The molecule has 2 nitrogen and oxygen atoms in total. The normalized spacial score (nSPS) is 12.0. The number of benzene rings is 3. The van der Waals surface area contributed by atoms with Crippen LogP contribution in [-0.2, 0) is 13.2 Å². The van der Waals surface area contributed by atoms with Gasteiger partial charge in [0.2, 0.25) is 0 Å². The van der Waals surface area contributed by atoms with Crippen LogP contribution in [0.1, 0.15) is 48.1 Å². The van der Waals surface area contributed by atoms with Crippen LogP contribution in [0.25, 0.3) is 0 Å². The van der Waals surface area contributed by atoms with Gasteiger partial charge in [0.1, 0.15) is 12.4 Å². The third-order valence-corrected chi connectivity index (χ3v) is 5.35. The van der Waals surface area contributed by atoms with Crippen LogP contribution in [0, 0.1) is 6.92 Å². The predicted molar refractivity (Wildman–Crippen MR) is 121 cm³/mol. The maximum atomic E-state index is 6.16. The number of rotatable bonds is 9. The number of halogens is 1. The van der Waals surface area contributed by atoms with Crippen molar-refractivity contribution < 1.29 is 4.74 Å². The van der Waals surface area contributed by atoms with E-state index in [9.17, 15) is 0 Å². The lowest BCUT2D eigenvalue weighted by Crippen LogP contribution is -2.21. The molecule has 0 aliphatic heterocycles. The Bertz CT molecular complexity index is 861. The summed E-state index contributed by atoms with van der Waals surface area (Å²) in [5.74, 6) is 0.930. The standard InChI is InChI=1S/C25H28BrNO/c1-3-7-24(21-8-5-4-6-9-21)27-17-22-16-23(26)14-15-25(22)28-18-20-12-10-19(2)11-13-20/h4-6,8-16,24,27H,3,7,17-18H2,1-2H3. The first-order valence-electron chi connectivity index (χ1n) is 9.91. The van der Waals surface area contributed by atoms with Crippen molar-refractivity contribution in [2.45, 2.75) is 45.9 Å². The van der Waals surface area contributed by atoms with E-state index in [4.69, 9.17) is 4.74 Å². The first-order valence-corrected chi connectivity index (χ1v) is 10.7. The molecule has 0 bridgehead atoms. The second kappa shape index (κ2) is 10.4. The average molecular weight is 438 g/mol. The van der Waals surface area contributed by atoms with Gasteiger partial charge in [-0.05, 0) is 42.7 Å². The molecule has 0 saturated heterocycles. The summed E-state index contributed by atoms with van der Waals surface area (Å²) >= 11 is 3.60. The monoisotopic (exact) mass is 437 g/mol. The van der Waals surface area contributed by atoms with Crippen LogP contribution in [0.3, 0.4) is 0 Å². The maximum absolute atomic E-state index is 6.16. The number of nitrogens with one attached hydrogen (secondary N) is 1. The molecule has 3 rings (SSSR count). The van der Waals surface area contributed by atoms with Crippen molar-refractivity contribution >= 4 is 15.9 Å². The Kier molecular flexibility index (Phi) is 7.70. The molecule has 0 saturated carbocycles. The van der Waals surface area contributed by atoms with Gasteiger partial charge in [-0.3, -0.25) is 0 Å². The molecule has 1 N–H and O–H groups in total. The van der Waals surface area contributed by atoms with Gasteiger partial charge in [-0.15, -0.1) is 0 Å². The molecule has 3 aromatic carbocycles. The van der Waals surface area contributed by atoms with Crippen molar-refractivity contribution in [3.8, 4) is 5.75 Å². The SMILES string of the molecule is CCCC(NCc1cc(Br)ccc1OCc1ccc(C)cc1)c1ccccc1. The van der Waals surface area contributed by atoms with E-state index in [2.05, 4.69) is 95.8 Å². The Morgan fingerprint density at radius 3 is 2.43 bits per heavy atom. The van der Waals surface area contributed by atoms with Gasteiger partial charge in [-0.25, -0.2) is 0 Å². The lowest BCUT2D eigenvalue weighted by atomic mass is 10.0. The fourth-order valence-electron chi connectivity index (χ4n) is 3.27. The molecular weight excluding hydrogens is 410 g/mol. The van der Waals surface area contributed by atoms with Crippen LogP contribution in [-0.4, -0.2) is 0 Å². The first-order chi connectivity index (χ1) is 13.7. The fraction of sp³-hybridized carbons (Fsp3) is 0.280. The molecule has 0 aliphatic rings. The molecule has 0 aromatic heterocycles. The van der Waals surface area contributed by atoms with Gasteiger partial charge in [0.05, 0.1) is 0 Å². The second-order valence-corrected chi connectivity index (χ2v) is 8.07. The summed E-state index contributed by atoms with van der Waals surface area (Å²) in [6.07, 6.45) is 2.25. The van der Waals surface area contributed by atoms with Crippen LogP contribution in [0.4, 0.5) is 0 Å². The van der Waals surface area contributed by atoms with Gasteiger partial charge in [0, 0.05) is 22.6 Å². The van der Waals surface area contributed by atoms with Crippen molar-refractivity contribution in [3.63, 3.8) is 0 Å². The van der Waals surface area contributed by atoms with Crippen LogP contribution in [0.5, 0.6) is 5.75 Å². The Morgan fingerprint density at radius 1 is 0.964 bits per heavy atom. The molecule has 0 spiro atoms. The summed E-state index contributed by atoms with van der Waals surface area (Å²) in [5.41, 5.74) is 4.95. The smallest absolute Gasteiger partial charge is 0.124 e. The summed E-state index contributed by atoms with van der Waals surface area (Å²) in [7, 11) is 0. The van der Waals surface area contributed by atoms with Crippen LogP contribution in [0.2, 0.25) is 0 Å². The zero-order valence-corrected chi connectivity index (χ0v) is 18.2. The first kappa shape index (κ1) is 20.6. The van der Waals surface area contributed by atoms with Crippen LogP contribution >= 0.6 is 15.9 Å². The van der Waals surface area contributed by atoms with Crippen molar-refractivity contribution in [3.05, 3.63) is 99.5 Å². The average Bonchev–Trinajstić information content (AvgIpc) is 2.72. The second-order valence-electron chi connectivity index (χ2n) is 7.16. The third-order valence-electron chi connectivity index (χ3n) is 4.86. The van der Waals surface area contributed by atoms with E-state index in [1.54, 1.807) is 0 Å². The highest BCUT2D eigenvalue weighted by atomic mass is 79.9. The minimum Gasteiger partial charge on any atom is -0.489 e.